The number of nitrogens with one attached hydrogen (secondary N) is 2. The molecular formula is C15H22ClFN2O2. The lowest BCUT2D eigenvalue weighted by atomic mass is 10.2. The van der Waals surface area contributed by atoms with Gasteiger partial charge in [0.05, 0.1) is 0 Å². The van der Waals surface area contributed by atoms with Gasteiger partial charge in [-0.1, -0.05) is 11.6 Å². The number of carbonyl (C=O) groups is 1. The Labute approximate surface area is 130 Å². The highest BCUT2D eigenvalue weighted by Gasteiger charge is 2.17. The molecular weight excluding hydrogens is 295 g/mol. The number of ether oxygens (including phenoxy) is 1. The summed E-state index contributed by atoms with van der Waals surface area (Å²) < 4.78 is 18.7. The van der Waals surface area contributed by atoms with Crippen molar-refractivity contribution in [3.05, 3.63) is 34.6 Å². The number of halogens is 2. The second-order valence-corrected chi connectivity index (χ2v) is 6.35. The van der Waals surface area contributed by atoms with Crippen LogP contribution >= 0.6 is 11.6 Å². The van der Waals surface area contributed by atoms with Crippen LogP contribution in [0.3, 0.4) is 0 Å². The molecule has 21 heavy (non-hydrogen) atoms. The van der Waals surface area contributed by atoms with Crippen LogP contribution in [-0.4, -0.2) is 24.3 Å². The van der Waals surface area contributed by atoms with Gasteiger partial charge in [0.25, 0.3) is 0 Å². The van der Waals surface area contributed by atoms with E-state index < -0.39 is 11.7 Å². The lowest BCUT2D eigenvalue weighted by molar-refractivity contribution is 0.0508. The lowest BCUT2D eigenvalue weighted by Gasteiger charge is -2.22. The van der Waals surface area contributed by atoms with Crippen LogP contribution in [-0.2, 0) is 11.3 Å². The molecule has 0 saturated heterocycles. The summed E-state index contributed by atoms with van der Waals surface area (Å²) in [4.78, 5) is 11.6. The average molecular weight is 317 g/mol. The third-order valence-electron chi connectivity index (χ3n) is 2.54. The normalized spacial score (nSPS) is 12.9. The van der Waals surface area contributed by atoms with Gasteiger partial charge in [0.15, 0.2) is 0 Å². The first-order valence-corrected chi connectivity index (χ1v) is 7.19. The van der Waals surface area contributed by atoms with Crippen LogP contribution < -0.4 is 10.6 Å². The van der Waals surface area contributed by atoms with Gasteiger partial charge in [0.2, 0.25) is 0 Å². The van der Waals surface area contributed by atoms with Crippen LogP contribution in [0.15, 0.2) is 18.2 Å². The molecule has 6 heteroatoms. The molecule has 1 aromatic carbocycles. The first-order valence-electron chi connectivity index (χ1n) is 6.81. The van der Waals surface area contributed by atoms with Gasteiger partial charge >= 0.3 is 6.09 Å². The number of alkyl carbamates (subject to hydrolysis) is 1. The van der Waals surface area contributed by atoms with E-state index in [9.17, 15) is 9.18 Å². The number of carbonyl (C=O) groups excluding carboxylic acids is 1. The Morgan fingerprint density at radius 3 is 2.71 bits per heavy atom. The van der Waals surface area contributed by atoms with Crippen molar-refractivity contribution in [3.8, 4) is 0 Å². The van der Waals surface area contributed by atoms with E-state index >= 15 is 0 Å². The van der Waals surface area contributed by atoms with Crippen molar-refractivity contribution in [2.75, 3.05) is 6.54 Å². The minimum Gasteiger partial charge on any atom is -0.444 e. The highest BCUT2D eigenvalue weighted by Crippen LogP contribution is 2.14. The molecule has 0 spiro atoms. The van der Waals surface area contributed by atoms with Gasteiger partial charge in [-0.3, -0.25) is 0 Å². The van der Waals surface area contributed by atoms with Crippen LogP contribution in [0.1, 0.15) is 33.3 Å². The lowest BCUT2D eigenvalue weighted by Crippen LogP contribution is -2.42. The van der Waals surface area contributed by atoms with Gasteiger partial charge in [0, 0.05) is 29.7 Å². The first kappa shape index (κ1) is 17.7. The molecule has 0 aliphatic rings. The minimum absolute atomic E-state index is 0.137. The fourth-order valence-corrected chi connectivity index (χ4v) is 1.86. The van der Waals surface area contributed by atoms with E-state index in [0.29, 0.717) is 23.7 Å². The Morgan fingerprint density at radius 1 is 1.43 bits per heavy atom. The third kappa shape index (κ3) is 7.29. The molecule has 2 N–H and O–H groups in total. The summed E-state index contributed by atoms with van der Waals surface area (Å²) in [5.41, 5.74) is -0.0341. The van der Waals surface area contributed by atoms with E-state index in [4.69, 9.17) is 16.3 Å². The molecule has 118 valence electrons. The van der Waals surface area contributed by atoms with Gasteiger partial charge in [-0.05, 0) is 45.9 Å². The highest BCUT2D eigenvalue weighted by molar-refractivity contribution is 6.30. The number of benzene rings is 1. The molecule has 1 rings (SSSR count). The molecule has 0 heterocycles. The summed E-state index contributed by atoms with van der Waals surface area (Å²) in [5.74, 6) is -0.306. The van der Waals surface area contributed by atoms with Gasteiger partial charge in [-0.25, -0.2) is 9.18 Å². The molecule has 1 aromatic rings. The molecule has 0 fully saturated rings. The number of amides is 1. The quantitative estimate of drug-likeness (QED) is 0.874. The van der Waals surface area contributed by atoms with Crippen molar-refractivity contribution in [2.45, 2.75) is 45.9 Å². The monoisotopic (exact) mass is 316 g/mol. The van der Waals surface area contributed by atoms with Crippen molar-refractivity contribution in [1.82, 2.24) is 10.6 Å². The summed E-state index contributed by atoms with van der Waals surface area (Å²) in [6.45, 7) is 8.08. The number of hydrogen-bond donors (Lipinski definition) is 2. The first-order chi connectivity index (χ1) is 9.67. The van der Waals surface area contributed by atoms with Crippen LogP contribution in [0, 0.1) is 5.82 Å². The van der Waals surface area contributed by atoms with Crippen LogP contribution in [0.2, 0.25) is 5.02 Å². The predicted octanol–water partition coefficient (Wildman–Crippen LogP) is 3.48. The Kier molecular flexibility index (Phi) is 6.42. The van der Waals surface area contributed by atoms with Crippen molar-refractivity contribution >= 4 is 17.7 Å². The molecule has 1 atom stereocenters. The third-order valence-corrected chi connectivity index (χ3v) is 2.77. The molecule has 0 bridgehead atoms. The summed E-state index contributed by atoms with van der Waals surface area (Å²) in [7, 11) is 0. The Hall–Kier alpha value is -1.33. The molecule has 0 aliphatic carbocycles. The van der Waals surface area contributed by atoms with E-state index in [1.54, 1.807) is 26.8 Å². The SMILES string of the molecule is CC(CNCc1cc(Cl)ccc1F)NC(=O)OC(C)(C)C. The van der Waals surface area contributed by atoms with Crippen LogP contribution in [0.5, 0.6) is 0 Å². The van der Waals surface area contributed by atoms with E-state index in [1.807, 2.05) is 6.92 Å². The maximum absolute atomic E-state index is 13.5. The van der Waals surface area contributed by atoms with Crippen LogP contribution in [0.4, 0.5) is 9.18 Å². The van der Waals surface area contributed by atoms with Gasteiger partial charge in [-0.2, -0.15) is 0 Å². The van der Waals surface area contributed by atoms with E-state index in [0.717, 1.165) is 0 Å². The predicted molar refractivity (Wildman–Crippen MR) is 81.9 cm³/mol. The zero-order chi connectivity index (χ0) is 16.0. The number of hydrogen-bond acceptors (Lipinski definition) is 3. The topological polar surface area (TPSA) is 50.4 Å². The molecule has 0 saturated carbocycles. The Morgan fingerprint density at radius 2 is 2.10 bits per heavy atom. The van der Waals surface area contributed by atoms with Crippen molar-refractivity contribution in [3.63, 3.8) is 0 Å². The zero-order valence-electron chi connectivity index (χ0n) is 12.8. The van der Waals surface area contributed by atoms with Gasteiger partial charge in [0.1, 0.15) is 11.4 Å². The molecule has 0 aromatic heterocycles. The summed E-state index contributed by atoms with van der Waals surface area (Å²) in [5, 5.41) is 6.27. The second-order valence-electron chi connectivity index (χ2n) is 5.91. The van der Waals surface area contributed by atoms with E-state index in [-0.39, 0.29) is 11.9 Å². The van der Waals surface area contributed by atoms with Gasteiger partial charge < -0.3 is 15.4 Å². The second kappa shape index (κ2) is 7.61. The zero-order valence-corrected chi connectivity index (χ0v) is 13.6. The maximum atomic E-state index is 13.5. The van der Waals surface area contributed by atoms with Crippen LogP contribution in [0.25, 0.3) is 0 Å². The molecule has 0 aliphatic heterocycles. The minimum atomic E-state index is -0.527. The maximum Gasteiger partial charge on any atom is 0.407 e. The fourth-order valence-electron chi connectivity index (χ4n) is 1.66. The van der Waals surface area contributed by atoms with E-state index in [2.05, 4.69) is 10.6 Å². The molecule has 0 radical (unpaired) electrons. The van der Waals surface area contributed by atoms with E-state index in [1.165, 1.54) is 12.1 Å². The molecule has 1 amide bonds. The van der Waals surface area contributed by atoms with Crippen molar-refractivity contribution < 1.29 is 13.9 Å². The Bertz CT molecular complexity index is 489. The average Bonchev–Trinajstić information content (AvgIpc) is 2.31. The summed E-state index contributed by atoms with van der Waals surface area (Å²) >= 11 is 5.82. The molecule has 1 unspecified atom stereocenters. The summed E-state index contributed by atoms with van der Waals surface area (Å²) in [6.07, 6.45) is -0.467. The van der Waals surface area contributed by atoms with Gasteiger partial charge in [-0.15, -0.1) is 0 Å². The number of rotatable bonds is 5. The van der Waals surface area contributed by atoms with Crippen molar-refractivity contribution in [1.29, 1.82) is 0 Å². The largest absolute Gasteiger partial charge is 0.444 e. The Balaban J connectivity index is 2.35. The summed E-state index contributed by atoms with van der Waals surface area (Å²) in [6, 6.07) is 4.28. The standard InChI is InChI=1S/C15H22ClFN2O2/c1-10(19-14(20)21-15(2,3)4)8-18-9-11-7-12(16)5-6-13(11)17/h5-7,10,18H,8-9H2,1-4H3,(H,19,20). The smallest absolute Gasteiger partial charge is 0.407 e. The highest BCUT2D eigenvalue weighted by atomic mass is 35.5. The fraction of sp³-hybridized carbons (Fsp3) is 0.533. The molecule has 4 nitrogen and oxygen atoms in total. The van der Waals surface area contributed by atoms with Crippen molar-refractivity contribution in [2.24, 2.45) is 0 Å².